The van der Waals surface area contributed by atoms with Crippen LogP contribution in [-0.4, -0.2) is 60.8 Å². The number of hydrogen-bond donors (Lipinski definition) is 2. The number of ether oxygens (including phenoxy) is 1. The van der Waals surface area contributed by atoms with E-state index in [4.69, 9.17) is 4.74 Å². The number of anilines is 1. The maximum atomic E-state index is 13.8. The molecule has 2 aromatic heterocycles. The molecule has 0 saturated carbocycles. The van der Waals surface area contributed by atoms with Gasteiger partial charge in [-0.3, -0.25) is 4.57 Å². The van der Waals surface area contributed by atoms with Crippen molar-refractivity contribution in [2.24, 2.45) is 0 Å². The van der Waals surface area contributed by atoms with Crippen molar-refractivity contribution in [1.82, 2.24) is 19.5 Å². The number of aliphatic hydroxyl groups excluding tert-OH is 2. The predicted octanol–water partition coefficient (Wildman–Crippen LogP) is 5.62. The molecular weight excluding hydrogens is 589 g/mol. The third-order valence-electron chi connectivity index (χ3n) is 8.79. The zero-order valence-electron chi connectivity index (χ0n) is 24.8. The predicted molar refractivity (Wildman–Crippen MR) is 173 cm³/mol. The first-order chi connectivity index (χ1) is 22.0. The highest BCUT2D eigenvalue weighted by Crippen LogP contribution is 2.52. The fraction of sp³-hybridized carbons (Fsp3) is 0.286. The van der Waals surface area contributed by atoms with Gasteiger partial charge in [-0.1, -0.05) is 78.9 Å². The van der Waals surface area contributed by atoms with Crippen LogP contribution in [0.1, 0.15) is 35.8 Å². The molecule has 3 aromatic carbocycles. The van der Waals surface area contributed by atoms with Gasteiger partial charge in [0.2, 0.25) is 0 Å². The van der Waals surface area contributed by atoms with Gasteiger partial charge in [0.1, 0.15) is 24.4 Å². The van der Waals surface area contributed by atoms with Crippen molar-refractivity contribution in [2.75, 3.05) is 17.7 Å². The third kappa shape index (κ3) is 5.42. The Morgan fingerprint density at radius 1 is 0.956 bits per heavy atom. The first-order valence-corrected chi connectivity index (χ1v) is 16.0. The van der Waals surface area contributed by atoms with E-state index in [9.17, 15) is 14.6 Å². The molecule has 4 atom stereocenters. The molecule has 2 aliphatic heterocycles. The second kappa shape index (κ2) is 12.4. The molecule has 1 fully saturated rings. The number of imidazole rings is 1. The van der Waals surface area contributed by atoms with Crippen LogP contribution < -0.4 is 4.90 Å². The average Bonchev–Trinajstić information content (AvgIpc) is 3.82. The van der Waals surface area contributed by atoms with E-state index < -0.39 is 30.0 Å². The lowest BCUT2D eigenvalue weighted by Crippen LogP contribution is -2.39. The minimum Gasteiger partial charge on any atom is -0.388 e. The number of nitrogens with zero attached hydrogens (tertiary/aromatic N) is 5. The Bertz CT molecular complexity index is 1780. The monoisotopic (exact) mass is 623 g/mol. The van der Waals surface area contributed by atoms with Gasteiger partial charge in [-0.2, -0.15) is 0 Å². The Morgan fingerprint density at radius 2 is 1.69 bits per heavy atom. The lowest BCUT2D eigenvalue weighted by molar-refractivity contribution is -0.0402. The van der Waals surface area contributed by atoms with Crippen LogP contribution in [0.4, 0.5) is 10.2 Å². The van der Waals surface area contributed by atoms with Crippen molar-refractivity contribution < 1.29 is 19.3 Å². The fourth-order valence-electron chi connectivity index (χ4n) is 6.67. The summed E-state index contributed by atoms with van der Waals surface area (Å²) < 4.78 is 22.1. The third-order valence-corrected chi connectivity index (χ3v) is 10.1. The van der Waals surface area contributed by atoms with Gasteiger partial charge in [0.05, 0.1) is 17.8 Å². The molecule has 230 valence electrons. The molecule has 0 spiro atoms. The Balaban J connectivity index is 1.22. The molecule has 5 aromatic rings. The fourth-order valence-corrected chi connectivity index (χ4v) is 7.92. The van der Waals surface area contributed by atoms with Gasteiger partial charge in [0.15, 0.2) is 23.2 Å². The first-order valence-electron chi connectivity index (χ1n) is 15.0. The standard InChI is InChI=1S/C35H34FN5O3S/c1-40(20-23-10-8-15-26(36)18-23)32-29-33(38-21-37-32)41(22-39-29)34-31(43)30(42)27(44-34)19-35(28-16-9-17-45-28,24-11-4-2-5-12-24)25-13-6-3-7-14-25/h2-8,10-16,18,21-22,27,30-31,34,42-43H,9,17,19-20H2,1H3/t27-,30-,31-,34-/m1/s1. The Kier molecular flexibility index (Phi) is 8.14. The maximum Gasteiger partial charge on any atom is 0.167 e. The number of halogens is 1. The van der Waals surface area contributed by atoms with Gasteiger partial charge in [0, 0.05) is 19.3 Å². The van der Waals surface area contributed by atoms with Gasteiger partial charge in [-0.15, -0.1) is 11.8 Å². The van der Waals surface area contributed by atoms with Crippen LogP contribution in [0.3, 0.4) is 0 Å². The zero-order chi connectivity index (χ0) is 31.0. The maximum absolute atomic E-state index is 13.8. The number of thioether (sulfide) groups is 1. The molecule has 2 aliphatic rings. The number of fused-ring (bicyclic) bond motifs is 1. The number of benzene rings is 3. The minimum absolute atomic E-state index is 0.301. The molecule has 1 saturated heterocycles. The van der Waals surface area contributed by atoms with E-state index in [0.29, 0.717) is 29.9 Å². The summed E-state index contributed by atoms with van der Waals surface area (Å²) in [7, 11) is 1.86. The SMILES string of the molecule is CN(Cc1cccc(F)c1)c1ncnc2c1ncn2[C@@H]1O[C@H](CC(C2=CCCS2)(c2ccccc2)c2ccccc2)[C@@H](O)[C@H]1O. The van der Waals surface area contributed by atoms with E-state index in [2.05, 4.69) is 45.3 Å². The number of rotatable bonds is 9. The summed E-state index contributed by atoms with van der Waals surface area (Å²) in [5, 5.41) is 23.0. The number of hydrogen-bond acceptors (Lipinski definition) is 8. The number of aromatic nitrogens is 4. The molecule has 7 rings (SSSR count). The molecule has 4 heterocycles. The van der Waals surface area contributed by atoms with Gasteiger partial charge in [0.25, 0.3) is 0 Å². The van der Waals surface area contributed by atoms with Crippen LogP contribution in [0.25, 0.3) is 11.2 Å². The van der Waals surface area contributed by atoms with Gasteiger partial charge in [-0.05, 0) is 46.6 Å². The van der Waals surface area contributed by atoms with Crippen molar-refractivity contribution in [1.29, 1.82) is 0 Å². The van der Waals surface area contributed by atoms with E-state index in [1.54, 1.807) is 17.0 Å². The molecule has 0 unspecified atom stereocenters. The molecule has 10 heteroatoms. The van der Waals surface area contributed by atoms with Gasteiger partial charge >= 0.3 is 0 Å². The molecule has 45 heavy (non-hydrogen) atoms. The quantitative estimate of drug-likeness (QED) is 0.219. The van der Waals surface area contributed by atoms with E-state index in [-0.39, 0.29) is 5.82 Å². The van der Waals surface area contributed by atoms with Crippen LogP contribution in [0.2, 0.25) is 0 Å². The number of allylic oxidation sites excluding steroid dienone is 2. The summed E-state index contributed by atoms with van der Waals surface area (Å²) in [6.45, 7) is 0.412. The van der Waals surface area contributed by atoms with Crippen molar-refractivity contribution >= 4 is 28.7 Å². The summed E-state index contributed by atoms with van der Waals surface area (Å²) in [6, 6.07) is 27.1. The topological polar surface area (TPSA) is 96.5 Å². The lowest BCUT2D eigenvalue weighted by atomic mass is 9.69. The summed E-state index contributed by atoms with van der Waals surface area (Å²) in [4.78, 5) is 16.6. The normalized spacial score (nSPS) is 21.7. The van der Waals surface area contributed by atoms with Crippen molar-refractivity contribution in [2.45, 2.75) is 49.3 Å². The second-order valence-corrected chi connectivity index (χ2v) is 12.7. The first kappa shape index (κ1) is 29.6. The molecule has 0 amide bonds. The second-order valence-electron chi connectivity index (χ2n) is 11.6. The minimum atomic E-state index is -1.22. The van der Waals surface area contributed by atoms with Crippen LogP contribution in [-0.2, 0) is 16.7 Å². The molecular formula is C35H34FN5O3S. The Labute approximate surface area is 265 Å². The molecule has 0 radical (unpaired) electrons. The van der Waals surface area contributed by atoms with Crippen molar-refractivity contribution in [3.05, 3.63) is 131 Å². The molecule has 0 aliphatic carbocycles. The highest BCUT2D eigenvalue weighted by atomic mass is 32.2. The van der Waals surface area contributed by atoms with E-state index in [0.717, 1.165) is 28.9 Å². The highest BCUT2D eigenvalue weighted by molar-refractivity contribution is 8.03. The largest absolute Gasteiger partial charge is 0.388 e. The van der Waals surface area contributed by atoms with E-state index >= 15 is 0 Å². The summed E-state index contributed by atoms with van der Waals surface area (Å²) in [6.07, 6.45) is 2.72. The summed E-state index contributed by atoms with van der Waals surface area (Å²) in [5.41, 5.74) is 3.42. The van der Waals surface area contributed by atoms with E-state index in [1.165, 1.54) is 23.4 Å². The van der Waals surface area contributed by atoms with Gasteiger partial charge < -0.3 is 19.8 Å². The van der Waals surface area contributed by atoms with Crippen LogP contribution in [0.15, 0.2) is 109 Å². The van der Waals surface area contributed by atoms with Crippen LogP contribution >= 0.6 is 11.8 Å². The number of aliphatic hydroxyl groups is 2. The lowest BCUT2D eigenvalue weighted by Gasteiger charge is -2.39. The van der Waals surface area contributed by atoms with Crippen LogP contribution in [0.5, 0.6) is 0 Å². The average molecular weight is 624 g/mol. The Morgan fingerprint density at radius 3 is 2.36 bits per heavy atom. The molecule has 2 N–H and O–H groups in total. The van der Waals surface area contributed by atoms with Crippen molar-refractivity contribution in [3.63, 3.8) is 0 Å². The van der Waals surface area contributed by atoms with Crippen LogP contribution in [0, 0.1) is 5.82 Å². The smallest absolute Gasteiger partial charge is 0.167 e. The highest BCUT2D eigenvalue weighted by Gasteiger charge is 2.50. The van der Waals surface area contributed by atoms with Gasteiger partial charge in [-0.25, -0.2) is 19.3 Å². The zero-order valence-corrected chi connectivity index (χ0v) is 25.6. The summed E-state index contributed by atoms with van der Waals surface area (Å²) in [5.74, 6) is 1.25. The molecule has 8 nitrogen and oxygen atoms in total. The molecule has 0 bridgehead atoms. The summed E-state index contributed by atoms with van der Waals surface area (Å²) >= 11 is 1.83. The van der Waals surface area contributed by atoms with Crippen molar-refractivity contribution in [3.8, 4) is 0 Å². The Hall–Kier alpha value is -4.09. The van der Waals surface area contributed by atoms with E-state index in [1.807, 2.05) is 66.2 Å².